The van der Waals surface area contributed by atoms with Crippen LogP contribution in [0.2, 0.25) is 0 Å². The van der Waals surface area contributed by atoms with Crippen LogP contribution in [0.25, 0.3) is 0 Å². The van der Waals surface area contributed by atoms with Crippen LogP contribution in [0.1, 0.15) is 48.1 Å². The normalized spacial score (nSPS) is 14.7. The van der Waals surface area contributed by atoms with E-state index in [0.717, 1.165) is 24.8 Å². The second-order valence-corrected chi connectivity index (χ2v) is 7.72. The van der Waals surface area contributed by atoms with Crippen molar-refractivity contribution in [1.82, 2.24) is 20.5 Å². The van der Waals surface area contributed by atoms with Crippen molar-refractivity contribution in [3.05, 3.63) is 76.2 Å². The summed E-state index contributed by atoms with van der Waals surface area (Å²) in [5.41, 5.74) is 3.21. The number of nitrogens with zero attached hydrogens (tertiary/aromatic N) is 3. The largest absolute Gasteiger partial charge is 0.372 e. The molecule has 1 aromatic heterocycles. The topological polar surface area (TPSA) is 103 Å². The van der Waals surface area contributed by atoms with Crippen LogP contribution in [0, 0.1) is 0 Å². The van der Waals surface area contributed by atoms with E-state index >= 15 is 0 Å². The monoisotopic (exact) mass is 418 g/mol. The first kappa shape index (κ1) is 20.6. The maximum Gasteiger partial charge on any atom is 0.271 e. The second kappa shape index (κ2) is 9.42. The number of nitrogens with one attached hydrogen (secondary N) is 3. The van der Waals surface area contributed by atoms with Gasteiger partial charge in [0.05, 0.1) is 6.04 Å². The van der Waals surface area contributed by atoms with Gasteiger partial charge >= 0.3 is 0 Å². The molecule has 0 radical (unpaired) electrons. The van der Waals surface area contributed by atoms with Gasteiger partial charge < -0.3 is 15.5 Å². The first-order valence-electron chi connectivity index (χ1n) is 10.5. The smallest absolute Gasteiger partial charge is 0.271 e. The van der Waals surface area contributed by atoms with E-state index in [1.54, 1.807) is 24.3 Å². The number of benzene rings is 2. The van der Waals surface area contributed by atoms with Crippen LogP contribution in [-0.4, -0.2) is 34.2 Å². The average molecular weight is 419 g/mol. The van der Waals surface area contributed by atoms with Crippen molar-refractivity contribution < 1.29 is 4.79 Å². The fourth-order valence-corrected chi connectivity index (χ4v) is 3.70. The average Bonchev–Trinajstić information content (AvgIpc) is 2.80. The Balaban J connectivity index is 1.35. The number of H-pyrrole nitrogens is 1. The lowest BCUT2D eigenvalue weighted by molar-refractivity contribution is 0.0940. The highest BCUT2D eigenvalue weighted by Gasteiger charge is 2.14. The fourth-order valence-electron chi connectivity index (χ4n) is 3.70. The van der Waals surface area contributed by atoms with Crippen LogP contribution in [-0.2, 0) is 0 Å². The standard InChI is InChI=1S/C23H26N6O2/c1-16(17-7-11-20(12-8-17)29-13-3-2-4-14-29)25-22(31)18-5-9-19(10-6-18)26-23-27-21(30)15-24-28-23/h5-12,15-16H,2-4,13-14H2,1H3,(H,25,31)(H2,26,27,28,30)/t16-/m0/s1. The summed E-state index contributed by atoms with van der Waals surface area (Å²) in [6, 6.07) is 15.3. The third-order valence-electron chi connectivity index (χ3n) is 5.45. The molecule has 0 spiro atoms. The van der Waals surface area contributed by atoms with Gasteiger partial charge in [-0.3, -0.25) is 14.6 Å². The number of hydrogen-bond donors (Lipinski definition) is 3. The molecule has 31 heavy (non-hydrogen) atoms. The summed E-state index contributed by atoms with van der Waals surface area (Å²) in [5.74, 6) is 0.0957. The maximum atomic E-state index is 12.6. The maximum absolute atomic E-state index is 12.6. The van der Waals surface area contributed by atoms with Gasteiger partial charge in [-0.15, -0.1) is 10.2 Å². The number of anilines is 3. The molecule has 1 aliphatic heterocycles. The Bertz CT molecular complexity index is 1070. The molecule has 1 saturated heterocycles. The van der Waals surface area contributed by atoms with Gasteiger partial charge in [0.2, 0.25) is 5.95 Å². The van der Waals surface area contributed by atoms with Gasteiger partial charge in [0.25, 0.3) is 11.5 Å². The van der Waals surface area contributed by atoms with Gasteiger partial charge in [-0.1, -0.05) is 12.1 Å². The molecule has 8 nitrogen and oxygen atoms in total. The van der Waals surface area contributed by atoms with Crippen molar-refractivity contribution in [3.63, 3.8) is 0 Å². The molecule has 2 heterocycles. The highest BCUT2D eigenvalue weighted by Crippen LogP contribution is 2.23. The quantitative estimate of drug-likeness (QED) is 0.567. The predicted molar refractivity (Wildman–Crippen MR) is 121 cm³/mol. The van der Waals surface area contributed by atoms with Crippen molar-refractivity contribution in [1.29, 1.82) is 0 Å². The minimum atomic E-state index is -0.341. The number of carbonyl (C=O) groups is 1. The minimum absolute atomic E-state index is 0.106. The van der Waals surface area contributed by atoms with E-state index in [1.165, 1.54) is 24.9 Å². The molecule has 1 aliphatic rings. The summed E-state index contributed by atoms with van der Waals surface area (Å²) < 4.78 is 0. The molecule has 160 valence electrons. The van der Waals surface area contributed by atoms with Crippen LogP contribution in [0.3, 0.4) is 0 Å². The van der Waals surface area contributed by atoms with Crippen molar-refractivity contribution in [2.75, 3.05) is 23.3 Å². The molecule has 1 amide bonds. The fraction of sp³-hybridized carbons (Fsp3) is 0.304. The zero-order valence-electron chi connectivity index (χ0n) is 17.5. The van der Waals surface area contributed by atoms with Crippen molar-refractivity contribution in [3.8, 4) is 0 Å². The Kier molecular flexibility index (Phi) is 6.26. The number of aromatic nitrogens is 3. The molecule has 1 atom stereocenters. The molecule has 2 aromatic carbocycles. The summed E-state index contributed by atoms with van der Waals surface area (Å²) in [5, 5.41) is 13.4. The number of piperidine rings is 1. The summed E-state index contributed by atoms with van der Waals surface area (Å²) in [6.07, 6.45) is 4.91. The minimum Gasteiger partial charge on any atom is -0.372 e. The molecular formula is C23H26N6O2. The number of amides is 1. The first-order chi connectivity index (χ1) is 15.1. The number of aromatic amines is 1. The van der Waals surface area contributed by atoms with E-state index in [0.29, 0.717) is 11.3 Å². The van der Waals surface area contributed by atoms with Crippen LogP contribution >= 0.6 is 0 Å². The molecule has 3 N–H and O–H groups in total. The highest BCUT2D eigenvalue weighted by atomic mass is 16.1. The van der Waals surface area contributed by atoms with E-state index in [9.17, 15) is 9.59 Å². The molecule has 1 fully saturated rings. The molecule has 0 saturated carbocycles. The predicted octanol–water partition coefficient (Wildman–Crippen LogP) is 3.39. The van der Waals surface area contributed by atoms with E-state index in [1.807, 2.05) is 6.92 Å². The molecule has 4 rings (SSSR count). The summed E-state index contributed by atoms with van der Waals surface area (Å²) in [7, 11) is 0. The zero-order chi connectivity index (χ0) is 21.6. The van der Waals surface area contributed by atoms with Gasteiger partial charge in [0.1, 0.15) is 6.20 Å². The van der Waals surface area contributed by atoms with E-state index in [4.69, 9.17) is 0 Å². The number of rotatable bonds is 6. The van der Waals surface area contributed by atoms with Crippen LogP contribution in [0.15, 0.2) is 59.5 Å². The van der Waals surface area contributed by atoms with Crippen LogP contribution < -0.4 is 21.1 Å². The van der Waals surface area contributed by atoms with Crippen LogP contribution in [0.4, 0.5) is 17.3 Å². The highest BCUT2D eigenvalue weighted by molar-refractivity contribution is 5.94. The third-order valence-corrected chi connectivity index (χ3v) is 5.45. The van der Waals surface area contributed by atoms with E-state index in [2.05, 4.69) is 55.0 Å². The number of hydrogen-bond acceptors (Lipinski definition) is 6. The lowest BCUT2D eigenvalue weighted by Crippen LogP contribution is -2.29. The second-order valence-electron chi connectivity index (χ2n) is 7.72. The Hall–Kier alpha value is -3.68. The molecule has 0 bridgehead atoms. The Morgan fingerprint density at radius 3 is 2.42 bits per heavy atom. The van der Waals surface area contributed by atoms with Crippen molar-refractivity contribution >= 4 is 23.2 Å². The van der Waals surface area contributed by atoms with E-state index < -0.39 is 0 Å². The zero-order valence-corrected chi connectivity index (χ0v) is 17.5. The Morgan fingerprint density at radius 2 is 1.74 bits per heavy atom. The van der Waals surface area contributed by atoms with Crippen molar-refractivity contribution in [2.45, 2.75) is 32.2 Å². The van der Waals surface area contributed by atoms with Gasteiger partial charge in [0, 0.05) is 30.0 Å². The molecule has 0 unspecified atom stereocenters. The van der Waals surface area contributed by atoms with Crippen molar-refractivity contribution in [2.24, 2.45) is 0 Å². The van der Waals surface area contributed by atoms with Gasteiger partial charge in [0.15, 0.2) is 0 Å². The summed E-state index contributed by atoms with van der Waals surface area (Å²) >= 11 is 0. The molecule has 3 aromatic rings. The summed E-state index contributed by atoms with van der Waals surface area (Å²) in [6.45, 7) is 4.21. The van der Waals surface area contributed by atoms with Crippen LogP contribution in [0.5, 0.6) is 0 Å². The lowest BCUT2D eigenvalue weighted by Gasteiger charge is -2.29. The van der Waals surface area contributed by atoms with E-state index in [-0.39, 0.29) is 23.5 Å². The first-order valence-corrected chi connectivity index (χ1v) is 10.5. The SMILES string of the molecule is C[C@H](NC(=O)c1ccc(Nc2nncc(=O)[nH]2)cc1)c1ccc(N2CCCCC2)cc1. The van der Waals surface area contributed by atoms with Gasteiger partial charge in [-0.2, -0.15) is 0 Å². The molecule has 0 aliphatic carbocycles. The van der Waals surface area contributed by atoms with Gasteiger partial charge in [-0.25, -0.2) is 0 Å². The number of carbonyl (C=O) groups excluding carboxylic acids is 1. The Morgan fingerprint density at radius 1 is 1.03 bits per heavy atom. The third kappa shape index (κ3) is 5.28. The Labute approximate surface area is 180 Å². The van der Waals surface area contributed by atoms with Gasteiger partial charge in [-0.05, 0) is 68.1 Å². The summed E-state index contributed by atoms with van der Waals surface area (Å²) in [4.78, 5) is 28.9. The lowest BCUT2D eigenvalue weighted by atomic mass is 10.1. The molecule has 8 heteroatoms. The molecular weight excluding hydrogens is 392 g/mol.